The second-order valence-electron chi connectivity index (χ2n) is 8.57. The number of nitrogens with zero attached hydrogens (tertiary/aromatic N) is 2. The summed E-state index contributed by atoms with van der Waals surface area (Å²) in [5.41, 5.74) is 9.83. The van der Waals surface area contributed by atoms with Gasteiger partial charge in [0, 0.05) is 11.1 Å². The van der Waals surface area contributed by atoms with Gasteiger partial charge in [0.1, 0.15) is 10.7 Å². The summed E-state index contributed by atoms with van der Waals surface area (Å²) in [6, 6.07) is 23.9. The van der Waals surface area contributed by atoms with Crippen molar-refractivity contribution in [2.45, 2.75) is 33.6 Å². The molecule has 172 valence electrons. The molecule has 0 aliphatic heterocycles. The van der Waals surface area contributed by atoms with Crippen molar-refractivity contribution in [1.82, 2.24) is 4.98 Å². The van der Waals surface area contributed by atoms with Crippen molar-refractivity contribution in [3.8, 4) is 11.3 Å². The minimum absolute atomic E-state index is 0.169. The van der Waals surface area contributed by atoms with Crippen molar-refractivity contribution < 1.29 is 4.79 Å². The summed E-state index contributed by atoms with van der Waals surface area (Å²) >= 11 is 1.36. The van der Waals surface area contributed by atoms with Crippen molar-refractivity contribution in [2.75, 3.05) is 10.7 Å². The standard InChI is InChI=1S/C28H28N4OS/c1-18(2)22-15-9-21(10-16-22)17-29-32-28-30-25(23-11-5-19(3)6-12-23)27(34-28)31-26(33)24-13-7-20(4)8-14-24/h5-18H,1-4H3,(H,30,32)(H,31,33)/b29-17-. The smallest absolute Gasteiger partial charge is 0.256 e. The van der Waals surface area contributed by atoms with E-state index in [2.05, 4.69) is 41.8 Å². The topological polar surface area (TPSA) is 66.4 Å². The molecule has 6 heteroatoms. The highest BCUT2D eigenvalue weighted by molar-refractivity contribution is 7.20. The molecule has 1 aromatic heterocycles. The van der Waals surface area contributed by atoms with Crippen LogP contribution >= 0.6 is 11.3 Å². The summed E-state index contributed by atoms with van der Waals surface area (Å²) in [5.74, 6) is 0.325. The van der Waals surface area contributed by atoms with Crippen LogP contribution in [0.5, 0.6) is 0 Å². The Morgan fingerprint density at radius 3 is 2.15 bits per heavy atom. The molecular formula is C28H28N4OS. The summed E-state index contributed by atoms with van der Waals surface area (Å²) in [6.45, 7) is 8.39. The zero-order valence-corrected chi connectivity index (χ0v) is 20.6. The molecule has 3 aromatic carbocycles. The van der Waals surface area contributed by atoms with E-state index in [0.29, 0.717) is 27.3 Å². The molecule has 0 aliphatic rings. The number of carbonyl (C=O) groups excluding carboxylic acids is 1. The third-order valence-electron chi connectivity index (χ3n) is 5.47. The monoisotopic (exact) mass is 468 g/mol. The van der Waals surface area contributed by atoms with E-state index in [1.807, 2.05) is 74.5 Å². The van der Waals surface area contributed by atoms with Crippen molar-refractivity contribution in [3.05, 3.63) is 101 Å². The van der Waals surface area contributed by atoms with Crippen LogP contribution in [-0.2, 0) is 0 Å². The van der Waals surface area contributed by atoms with Gasteiger partial charge in [-0.05, 0) is 43.0 Å². The summed E-state index contributed by atoms with van der Waals surface area (Å²) < 4.78 is 0. The van der Waals surface area contributed by atoms with Crippen LogP contribution in [-0.4, -0.2) is 17.1 Å². The number of carbonyl (C=O) groups is 1. The summed E-state index contributed by atoms with van der Waals surface area (Å²) in [6.07, 6.45) is 1.77. The average Bonchev–Trinajstić information content (AvgIpc) is 3.22. The van der Waals surface area contributed by atoms with Gasteiger partial charge in [0.05, 0.1) is 6.21 Å². The molecule has 0 saturated carbocycles. The number of thiazole rings is 1. The molecule has 1 heterocycles. The third-order valence-corrected chi connectivity index (χ3v) is 6.35. The van der Waals surface area contributed by atoms with Crippen LogP contribution in [0.3, 0.4) is 0 Å². The second kappa shape index (κ2) is 10.4. The summed E-state index contributed by atoms with van der Waals surface area (Å²) in [7, 11) is 0. The first-order chi connectivity index (χ1) is 16.4. The van der Waals surface area contributed by atoms with Gasteiger partial charge in [0.2, 0.25) is 5.13 Å². The van der Waals surface area contributed by atoms with Gasteiger partial charge in [-0.25, -0.2) is 4.98 Å². The van der Waals surface area contributed by atoms with E-state index in [0.717, 1.165) is 22.3 Å². The molecule has 2 N–H and O–H groups in total. The first kappa shape index (κ1) is 23.4. The maximum Gasteiger partial charge on any atom is 0.256 e. The second-order valence-corrected chi connectivity index (χ2v) is 9.57. The van der Waals surface area contributed by atoms with E-state index in [-0.39, 0.29) is 5.91 Å². The lowest BCUT2D eigenvalue weighted by Gasteiger charge is -2.06. The van der Waals surface area contributed by atoms with E-state index >= 15 is 0 Å². The number of amides is 1. The van der Waals surface area contributed by atoms with Gasteiger partial charge < -0.3 is 5.32 Å². The predicted octanol–water partition coefficient (Wildman–Crippen LogP) is 7.25. The van der Waals surface area contributed by atoms with Crippen molar-refractivity contribution in [1.29, 1.82) is 0 Å². The SMILES string of the molecule is Cc1ccc(C(=O)Nc2sc(N/N=C\c3ccc(C(C)C)cc3)nc2-c2ccc(C)cc2)cc1. The first-order valence-electron chi connectivity index (χ1n) is 11.2. The highest BCUT2D eigenvalue weighted by Crippen LogP contribution is 2.36. The Morgan fingerprint density at radius 2 is 1.53 bits per heavy atom. The molecule has 4 aromatic rings. The predicted molar refractivity (Wildman–Crippen MR) is 143 cm³/mol. The van der Waals surface area contributed by atoms with Gasteiger partial charge in [0.25, 0.3) is 5.91 Å². The number of hydrogen-bond donors (Lipinski definition) is 2. The van der Waals surface area contributed by atoms with Gasteiger partial charge in [-0.1, -0.05) is 97.0 Å². The molecular weight excluding hydrogens is 440 g/mol. The Kier molecular flexibility index (Phi) is 7.18. The number of nitrogens with one attached hydrogen (secondary N) is 2. The highest BCUT2D eigenvalue weighted by atomic mass is 32.1. The van der Waals surface area contributed by atoms with Crippen LogP contribution in [0.15, 0.2) is 77.9 Å². The molecule has 0 unspecified atom stereocenters. The van der Waals surface area contributed by atoms with Gasteiger partial charge in [-0.2, -0.15) is 5.10 Å². The van der Waals surface area contributed by atoms with Crippen LogP contribution in [0.4, 0.5) is 10.1 Å². The van der Waals surface area contributed by atoms with Crippen LogP contribution in [0, 0.1) is 13.8 Å². The van der Waals surface area contributed by atoms with Crippen LogP contribution in [0.2, 0.25) is 0 Å². The quantitative estimate of drug-likeness (QED) is 0.222. The molecule has 5 nitrogen and oxygen atoms in total. The summed E-state index contributed by atoms with van der Waals surface area (Å²) in [5, 5.41) is 8.66. The number of hydrazone groups is 1. The highest BCUT2D eigenvalue weighted by Gasteiger charge is 2.16. The minimum Gasteiger partial charge on any atom is -0.312 e. The van der Waals surface area contributed by atoms with E-state index in [4.69, 9.17) is 4.98 Å². The molecule has 0 saturated heterocycles. The van der Waals surface area contributed by atoms with Crippen LogP contribution < -0.4 is 10.7 Å². The Labute approximate surface area is 204 Å². The molecule has 34 heavy (non-hydrogen) atoms. The minimum atomic E-state index is -0.169. The van der Waals surface area contributed by atoms with Crippen LogP contribution in [0.25, 0.3) is 11.3 Å². The van der Waals surface area contributed by atoms with Gasteiger partial charge >= 0.3 is 0 Å². The van der Waals surface area contributed by atoms with Crippen molar-refractivity contribution in [2.24, 2.45) is 5.10 Å². The number of hydrogen-bond acceptors (Lipinski definition) is 5. The Morgan fingerprint density at radius 1 is 0.912 bits per heavy atom. The maximum absolute atomic E-state index is 12.9. The number of benzene rings is 3. The molecule has 0 spiro atoms. The maximum atomic E-state index is 12.9. The number of rotatable bonds is 7. The fraction of sp³-hybridized carbons (Fsp3) is 0.179. The summed E-state index contributed by atoms with van der Waals surface area (Å²) in [4.78, 5) is 17.6. The lowest BCUT2D eigenvalue weighted by Crippen LogP contribution is -2.11. The number of aromatic nitrogens is 1. The van der Waals surface area contributed by atoms with Gasteiger partial charge in [-0.3, -0.25) is 10.2 Å². The van der Waals surface area contributed by atoms with Crippen LogP contribution in [0.1, 0.15) is 52.4 Å². The molecule has 0 atom stereocenters. The fourth-order valence-corrected chi connectivity index (χ4v) is 4.20. The first-order valence-corrected chi connectivity index (χ1v) is 12.1. The zero-order valence-electron chi connectivity index (χ0n) is 19.8. The lowest BCUT2D eigenvalue weighted by molar-refractivity contribution is 0.102. The molecule has 4 rings (SSSR count). The van der Waals surface area contributed by atoms with Gasteiger partial charge in [0.15, 0.2) is 0 Å². The molecule has 1 amide bonds. The van der Waals surface area contributed by atoms with E-state index in [1.54, 1.807) is 6.21 Å². The molecule has 0 bridgehead atoms. The lowest BCUT2D eigenvalue weighted by atomic mass is 10.0. The van der Waals surface area contributed by atoms with E-state index in [1.165, 1.54) is 16.9 Å². The molecule has 0 radical (unpaired) electrons. The number of anilines is 2. The molecule has 0 fully saturated rings. The zero-order chi connectivity index (χ0) is 24.1. The average molecular weight is 469 g/mol. The van der Waals surface area contributed by atoms with Crippen molar-refractivity contribution in [3.63, 3.8) is 0 Å². The Hall–Kier alpha value is -3.77. The van der Waals surface area contributed by atoms with Gasteiger partial charge in [-0.15, -0.1) is 0 Å². The third kappa shape index (κ3) is 5.77. The fourth-order valence-electron chi connectivity index (χ4n) is 3.37. The Bertz CT molecular complexity index is 1290. The van der Waals surface area contributed by atoms with Crippen molar-refractivity contribution >= 4 is 33.6 Å². The number of aryl methyl sites for hydroxylation is 2. The normalized spacial score (nSPS) is 11.2. The van der Waals surface area contributed by atoms with E-state index in [9.17, 15) is 4.79 Å². The molecule has 0 aliphatic carbocycles. The largest absolute Gasteiger partial charge is 0.312 e. The Balaban J connectivity index is 1.56. The van der Waals surface area contributed by atoms with E-state index < -0.39 is 0 Å².